The first-order valence-corrected chi connectivity index (χ1v) is 8.84. The lowest BCUT2D eigenvalue weighted by atomic mass is 10.2. The molecular formula is C19H20FN5. The van der Waals surface area contributed by atoms with E-state index in [2.05, 4.69) is 43.3 Å². The van der Waals surface area contributed by atoms with Crippen LogP contribution in [0.4, 0.5) is 10.2 Å². The highest BCUT2D eigenvalue weighted by Gasteiger charge is 2.27. The Hall–Kier alpha value is -2.47. The highest BCUT2D eigenvalue weighted by Crippen LogP contribution is 2.40. The molecule has 128 valence electrons. The van der Waals surface area contributed by atoms with Gasteiger partial charge in [-0.05, 0) is 42.5 Å². The van der Waals surface area contributed by atoms with E-state index in [1.807, 2.05) is 24.4 Å². The maximum absolute atomic E-state index is 13.8. The minimum Gasteiger partial charge on any atom is -0.363 e. The van der Waals surface area contributed by atoms with Crippen molar-refractivity contribution in [3.8, 4) is 11.4 Å². The lowest BCUT2D eigenvalue weighted by Gasteiger charge is -2.15. The molecule has 2 aliphatic rings. The Balaban J connectivity index is 1.49. The van der Waals surface area contributed by atoms with E-state index in [9.17, 15) is 4.39 Å². The predicted molar refractivity (Wildman–Crippen MR) is 95.6 cm³/mol. The molecule has 5 nitrogen and oxygen atoms in total. The van der Waals surface area contributed by atoms with Crippen molar-refractivity contribution in [1.29, 1.82) is 0 Å². The Kier molecular flexibility index (Phi) is 3.45. The smallest absolute Gasteiger partial charge is 0.137 e. The van der Waals surface area contributed by atoms with Crippen LogP contribution in [0.2, 0.25) is 0 Å². The van der Waals surface area contributed by atoms with Gasteiger partial charge >= 0.3 is 0 Å². The molecular weight excluding hydrogens is 317 g/mol. The van der Waals surface area contributed by atoms with Crippen LogP contribution in [0.15, 0.2) is 42.7 Å². The summed E-state index contributed by atoms with van der Waals surface area (Å²) in [5, 5.41) is 6.25. The van der Waals surface area contributed by atoms with Crippen LogP contribution in [-0.4, -0.2) is 39.7 Å². The monoisotopic (exact) mass is 337 g/mol. The largest absolute Gasteiger partial charge is 0.363 e. The summed E-state index contributed by atoms with van der Waals surface area (Å²) in [6.07, 6.45) is 5.69. The third-order valence-electron chi connectivity index (χ3n) is 5.06. The molecule has 0 bridgehead atoms. The minimum absolute atomic E-state index is 0.230. The number of nitrogens with zero attached hydrogens (tertiary/aromatic N) is 3. The van der Waals surface area contributed by atoms with Gasteiger partial charge in [-0.2, -0.15) is 0 Å². The second-order valence-electron chi connectivity index (χ2n) is 6.94. The molecule has 3 aromatic rings. The van der Waals surface area contributed by atoms with E-state index in [0.29, 0.717) is 24.8 Å². The van der Waals surface area contributed by atoms with Crippen molar-refractivity contribution in [2.24, 2.45) is 0 Å². The van der Waals surface area contributed by atoms with Gasteiger partial charge < -0.3 is 10.6 Å². The zero-order valence-electron chi connectivity index (χ0n) is 13.8. The highest BCUT2D eigenvalue weighted by atomic mass is 19.1. The van der Waals surface area contributed by atoms with Gasteiger partial charge in [0, 0.05) is 19.3 Å². The second kappa shape index (κ2) is 5.81. The number of hydrogen-bond acceptors (Lipinski definition) is 4. The van der Waals surface area contributed by atoms with Crippen LogP contribution in [-0.2, 0) is 0 Å². The number of fused-ring (bicyclic) bond motifs is 1. The van der Waals surface area contributed by atoms with E-state index >= 15 is 0 Å². The SMILES string of the molecule is F[C@H]1CNC[C@@H]1Nc1cccc(-c2cnc3ccc(C4CC4)cn23)n1. The van der Waals surface area contributed by atoms with Gasteiger partial charge in [0.05, 0.1) is 23.6 Å². The molecule has 0 spiro atoms. The van der Waals surface area contributed by atoms with Gasteiger partial charge in [0.25, 0.3) is 0 Å². The number of halogens is 1. The Morgan fingerprint density at radius 1 is 1.16 bits per heavy atom. The van der Waals surface area contributed by atoms with Gasteiger partial charge in [-0.1, -0.05) is 12.1 Å². The molecule has 2 fully saturated rings. The molecule has 1 aliphatic heterocycles. The summed E-state index contributed by atoms with van der Waals surface area (Å²) in [6, 6.07) is 9.81. The van der Waals surface area contributed by atoms with Gasteiger partial charge in [-0.3, -0.25) is 4.40 Å². The number of aromatic nitrogens is 3. The Morgan fingerprint density at radius 3 is 2.88 bits per heavy atom. The summed E-state index contributed by atoms with van der Waals surface area (Å²) < 4.78 is 15.9. The number of anilines is 1. The second-order valence-corrected chi connectivity index (χ2v) is 6.94. The molecule has 5 rings (SSSR count). The maximum atomic E-state index is 13.8. The summed E-state index contributed by atoms with van der Waals surface area (Å²) in [6.45, 7) is 1.02. The number of hydrogen-bond donors (Lipinski definition) is 2. The quantitative estimate of drug-likeness (QED) is 0.768. The Morgan fingerprint density at radius 2 is 2.08 bits per heavy atom. The van der Waals surface area contributed by atoms with Crippen molar-refractivity contribution in [3.05, 3.63) is 48.3 Å². The van der Waals surface area contributed by atoms with Crippen molar-refractivity contribution in [3.63, 3.8) is 0 Å². The maximum Gasteiger partial charge on any atom is 0.137 e. The number of nitrogens with one attached hydrogen (secondary N) is 2. The summed E-state index contributed by atoms with van der Waals surface area (Å²) in [5.41, 5.74) is 4.08. The fraction of sp³-hybridized carbons (Fsp3) is 0.368. The summed E-state index contributed by atoms with van der Waals surface area (Å²) in [4.78, 5) is 9.18. The first kappa shape index (κ1) is 14.8. The van der Waals surface area contributed by atoms with E-state index in [-0.39, 0.29) is 6.04 Å². The van der Waals surface area contributed by atoms with Crippen LogP contribution in [0.1, 0.15) is 24.3 Å². The zero-order chi connectivity index (χ0) is 16.8. The lowest BCUT2D eigenvalue weighted by molar-refractivity contribution is 0.342. The fourth-order valence-corrected chi connectivity index (χ4v) is 3.48. The van der Waals surface area contributed by atoms with Gasteiger partial charge in [-0.25, -0.2) is 14.4 Å². The summed E-state index contributed by atoms with van der Waals surface area (Å²) >= 11 is 0. The van der Waals surface area contributed by atoms with Crippen LogP contribution >= 0.6 is 0 Å². The van der Waals surface area contributed by atoms with Crippen LogP contribution < -0.4 is 10.6 Å². The van der Waals surface area contributed by atoms with Crippen molar-refractivity contribution < 1.29 is 4.39 Å². The van der Waals surface area contributed by atoms with E-state index in [1.54, 1.807) is 0 Å². The normalized spacial score (nSPS) is 23.2. The summed E-state index contributed by atoms with van der Waals surface area (Å²) in [7, 11) is 0. The molecule has 1 saturated carbocycles. The van der Waals surface area contributed by atoms with Crippen LogP contribution in [0.5, 0.6) is 0 Å². The van der Waals surface area contributed by atoms with E-state index < -0.39 is 6.17 Å². The van der Waals surface area contributed by atoms with Crippen LogP contribution in [0, 0.1) is 0 Å². The topological polar surface area (TPSA) is 54.2 Å². The van der Waals surface area contributed by atoms with Crippen molar-refractivity contribution >= 4 is 11.5 Å². The minimum atomic E-state index is -0.887. The molecule has 3 aromatic heterocycles. The average molecular weight is 337 g/mol. The van der Waals surface area contributed by atoms with Gasteiger partial charge in [0.15, 0.2) is 0 Å². The third kappa shape index (κ3) is 2.76. The van der Waals surface area contributed by atoms with Crippen molar-refractivity contribution in [2.45, 2.75) is 31.0 Å². The van der Waals surface area contributed by atoms with E-state index in [1.165, 1.54) is 18.4 Å². The molecule has 25 heavy (non-hydrogen) atoms. The molecule has 1 saturated heterocycles. The number of alkyl halides is 1. The fourth-order valence-electron chi connectivity index (χ4n) is 3.48. The first-order chi connectivity index (χ1) is 12.3. The standard InChI is InChI=1S/C19H20FN5/c20-14-8-21-9-16(14)24-18-3-1-2-15(23-18)17-10-22-19-7-6-13(11-25(17)19)12-4-5-12/h1-3,6-7,10-12,14,16,21H,4-5,8-9H2,(H,23,24)/t14-,16-/m0/s1. The predicted octanol–water partition coefficient (Wildman–Crippen LogP) is 3.00. The van der Waals surface area contributed by atoms with E-state index in [4.69, 9.17) is 0 Å². The number of pyridine rings is 2. The summed E-state index contributed by atoms with van der Waals surface area (Å²) in [5.74, 6) is 1.39. The Bertz CT molecular complexity index is 917. The van der Waals surface area contributed by atoms with Gasteiger partial charge in [0.2, 0.25) is 0 Å². The molecule has 0 amide bonds. The molecule has 1 aliphatic carbocycles. The highest BCUT2D eigenvalue weighted by molar-refractivity contribution is 5.62. The van der Waals surface area contributed by atoms with Crippen LogP contribution in [0.3, 0.4) is 0 Å². The first-order valence-electron chi connectivity index (χ1n) is 8.84. The average Bonchev–Trinajstić information content (AvgIpc) is 3.28. The van der Waals surface area contributed by atoms with Crippen molar-refractivity contribution in [2.75, 3.05) is 18.4 Å². The molecule has 0 unspecified atom stereocenters. The number of rotatable bonds is 4. The Labute approximate surface area is 145 Å². The zero-order valence-corrected chi connectivity index (χ0v) is 13.8. The van der Waals surface area contributed by atoms with E-state index in [0.717, 1.165) is 17.0 Å². The van der Waals surface area contributed by atoms with Gasteiger partial charge in [-0.15, -0.1) is 0 Å². The molecule has 6 heteroatoms. The molecule has 4 heterocycles. The van der Waals surface area contributed by atoms with Crippen LogP contribution in [0.25, 0.3) is 17.0 Å². The number of imidazole rings is 1. The molecule has 2 N–H and O–H groups in total. The lowest BCUT2D eigenvalue weighted by Crippen LogP contribution is -2.29. The third-order valence-corrected chi connectivity index (χ3v) is 5.06. The van der Waals surface area contributed by atoms with Crippen molar-refractivity contribution in [1.82, 2.24) is 19.7 Å². The molecule has 0 aromatic carbocycles. The van der Waals surface area contributed by atoms with Gasteiger partial charge in [0.1, 0.15) is 17.6 Å². The molecule has 2 atom stereocenters. The molecule has 0 radical (unpaired) electrons.